The molecule has 0 bridgehead atoms. The number of rotatable bonds is 12. The van der Waals surface area contributed by atoms with Crippen LogP contribution in [0.1, 0.15) is 17.0 Å². The first kappa shape index (κ1) is 23.2. The van der Waals surface area contributed by atoms with E-state index in [0.29, 0.717) is 31.3 Å². The molecular formula is C29H30N2O3. The second kappa shape index (κ2) is 11.2. The maximum absolute atomic E-state index is 6.15. The standard InChI is InChI=1S/C29H30N2O3/c1-4-10-22-16-17-27(28(20-22)32-3)34-21-29-30-24-13-7-8-14-25(24)31(29)18-19-33-26-15-9-6-12-23(26)11-5-2/h4-9,12-17,20H,1-2,10-11,18-19,21H2,3H3. The van der Waals surface area contributed by atoms with Crippen molar-refractivity contribution < 1.29 is 14.2 Å². The zero-order chi connectivity index (χ0) is 23.8. The monoisotopic (exact) mass is 454 g/mol. The fourth-order valence-corrected chi connectivity index (χ4v) is 3.97. The second-order valence-corrected chi connectivity index (χ2v) is 7.88. The number of methoxy groups -OCH3 is 1. The molecule has 174 valence electrons. The predicted octanol–water partition coefficient (Wildman–Crippen LogP) is 6.16. The number of hydrogen-bond acceptors (Lipinski definition) is 4. The van der Waals surface area contributed by atoms with Gasteiger partial charge in [0, 0.05) is 0 Å². The van der Waals surface area contributed by atoms with Crippen molar-refractivity contribution in [3.63, 3.8) is 0 Å². The number of imidazole rings is 1. The minimum Gasteiger partial charge on any atom is -0.493 e. The van der Waals surface area contributed by atoms with Gasteiger partial charge in [0.1, 0.15) is 24.8 Å². The van der Waals surface area contributed by atoms with Crippen molar-refractivity contribution in [3.8, 4) is 17.2 Å². The molecule has 0 aliphatic rings. The summed E-state index contributed by atoms with van der Waals surface area (Å²) >= 11 is 0. The fourth-order valence-electron chi connectivity index (χ4n) is 3.97. The van der Waals surface area contributed by atoms with Crippen molar-refractivity contribution in [1.29, 1.82) is 0 Å². The summed E-state index contributed by atoms with van der Waals surface area (Å²) in [6, 6.07) is 22.1. The SMILES string of the molecule is C=CCc1ccc(OCc2nc3ccccc3n2CCOc2ccccc2CC=C)c(OC)c1. The van der Waals surface area contributed by atoms with E-state index in [4.69, 9.17) is 19.2 Å². The highest BCUT2D eigenvalue weighted by molar-refractivity contribution is 5.75. The van der Waals surface area contributed by atoms with Crippen LogP contribution in [-0.2, 0) is 26.0 Å². The molecule has 5 nitrogen and oxygen atoms in total. The third-order valence-corrected chi connectivity index (χ3v) is 5.61. The lowest BCUT2D eigenvalue weighted by atomic mass is 10.1. The topological polar surface area (TPSA) is 45.5 Å². The lowest BCUT2D eigenvalue weighted by Gasteiger charge is -2.14. The van der Waals surface area contributed by atoms with Crippen LogP contribution >= 0.6 is 0 Å². The Labute approximate surface area is 200 Å². The van der Waals surface area contributed by atoms with E-state index >= 15 is 0 Å². The predicted molar refractivity (Wildman–Crippen MR) is 137 cm³/mol. The van der Waals surface area contributed by atoms with Crippen molar-refractivity contribution in [2.24, 2.45) is 0 Å². The van der Waals surface area contributed by atoms with Crippen molar-refractivity contribution >= 4 is 11.0 Å². The van der Waals surface area contributed by atoms with Gasteiger partial charge in [-0.05, 0) is 54.3 Å². The number of aromatic nitrogens is 2. The van der Waals surface area contributed by atoms with Crippen LogP contribution in [-0.4, -0.2) is 23.3 Å². The average molecular weight is 455 g/mol. The van der Waals surface area contributed by atoms with Crippen LogP contribution in [0, 0.1) is 0 Å². The van der Waals surface area contributed by atoms with Crippen molar-refractivity contribution in [3.05, 3.63) is 109 Å². The fraction of sp³-hybridized carbons (Fsp3) is 0.207. The third kappa shape index (κ3) is 5.31. The number of allylic oxidation sites excluding steroid dienone is 2. The van der Waals surface area contributed by atoms with Crippen LogP contribution in [0.3, 0.4) is 0 Å². The van der Waals surface area contributed by atoms with Crippen LogP contribution in [0.5, 0.6) is 17.2 Å². The molecule has 4 rings (SSSR count). The summed E-state index contributed by atoms with van der Waals surface area (Å²) < 4.78 is 20.0. The molecule has 0 aliphatic carbocycles. The van der Waals surface area contributed by atoms with E-state index in [0.717, 1.165) is 46.6 Å². The first-order valence-corrected chi connectivity index (χ1v) is 11.4. The molecule has 0 spiro atoms. The molecule has 34 heavy (non-hydrogen) atoms. The Morgan fingerprint density at radius 1 is 0.853 bits per heavy atom. The quantitative estimate of drug-likeness (QED) is 0.241. The second-order valence-electron chi connectivity index (χ2n) is 7.88. The number of nitrogens with zero attached hydrogens (tertiary/aromatic N) is 2. The lowest BCUT2D eigenvalue weighted by Crippen LogP contribution is -2.13. The zero-order valence-corrected chi connectivity index (χ0v) is 19.6. The molecule has 0 saturated heterocycles. The summed E-state index contributed by atoms with van der Waals surface area (Å²) in [5.74, 6) is 3.10. The van der Waals surface area contributed by atoms with E-state index in [1.165, 1.54) is 0 Å². The van der Waals surface area contributed by atoms with Gasteiger partial charge in [0.25, 0.3) is 0 Å². The number of ether oxygens (including phenoxy) is 3. The molecule has 0 N–H and O–H groups in total. The summed E-state index contributed by atoms with van der Waals surface area (Å²) in [5.41, 5.74) is 4.24. The van der Waals surface area contributed by atoms with Gasteiger partial charge in [-0.2, -0.15) is 0 Å². The van der Waals surface area contributed by atoms with Crippen molar-refractivity contribution in [1.82, 2.24) is 9.55 Å². The molecule has 0 atom stereocenters. The smallest absolute Gasteiger partial charge is 0.161 e. The molecule has 0 radical (unpaired) electrons. The van der Waals surface area contributed by atoms with Crippen LogP contribution in [0.2, 0.25) is 0 Å². The minimum absolute atomic E-state index is 0.318. The highest BCUT2D eigenvalue weighted by Gasteiger charge is 2.13. The molecule has 1 aromatic heterocycles. The van der Waals surface area contributed by atoms with E-state index in [1.54, 1.807) is 7.11 Å². The maximum atomic E-state index is 6.15. The van der Waals surface area contributed by atoms with Gasteiger partial charge in [0.15, 0.2) is 11.5 Å². The summed E-state index contributed by atoms with van der Waals surface area (Å²) in [7, 11) is 1.65. The Hall–Kier alpha value is -3.99. The van der Waals surface area contributed by atoms with Gasteiger partial charge in [-0.15, -0.1) is 13.2 Å². The number of para-hydroxylation sites is 3. The summed E-state index contributed by atoms with van der Waals surface area (Å²) in [6.45, 7) is 9.12. The Morgan fingerprint density at radius 2 is 1.65 bits per heavy atom. The highest BCUT2D eigenvalue weighted by atomic mass is 16.5. The van der Waals surface area contributed by atoms with Gasteiger partial charge in [-0.1, -0.05) is 48.6 Å². The van der Waals surface area contributed by atoms with Crippen molar-refractivity contribution in [2.45, 2.75) is 26.0 Å². The number of hydrogen-bond donors (Lipinski definition) is 0. The maximum Gasteiger partial charge on any atom is 0.161 e. The van der Waals surface area contributed by atoms with E-state index in [9.17, 15) is 0 Å². The Kier molecular flexibility index (Phi) is 7.66. The average Bonchev–Trinajstić information content (AvgIpc) is 3.22. The normalized spacial score (nSPS) is 10.7. The largest absolute Gasteiger partial charge is 0.493 e. The van der Waals surface area contributed by atoms with Gasteiger partial charge in [0.2, 0.25) is 0 Å². The van der Waals surface area contributed by atoms with E-state index < -0.39 is 0 Å². The highest BCUT2D eigenvalue weighted by Crippen LogP contribution is 2.29. The molecular weight excluding hydrogens is 424 g/mol. The van der Waals surface area contributed by atoms with Gasteiger partial charge >= 0.3 is 0 Å². The Morgan fingerprint density at radius 3 is 2.47 bits per heavy atom. The molecule has 0 aliphatic heterocycles. The summed E-state index contributed by atoms with van der Waals surface area (Å²) in [6.07, 6.45) is 5.31. The zero-order valence-electron chi connectivity index (χ0n) is 19.6. The van der Waals surface area contributed by atoms with E-state index in [2.05, 4.69) is 29.9 Å². The molecule has 0 fully saturated rings. The van der Waals surface area contributed by atoms with Crippen LogP contribution in [0.4, 0.5) is 0 Å². The first-order valence-electron chi connectivity index (χ1n) is 11.4. The minimum atomic E-state index is 0.318. The van der Waals surface area contributed by atoms with E-state index in [-0.39, 0.29) is 0 Å². The molecule has 0 saturated carbocycles. The summed E-state index contributed by atoms with van der Waals surface area (Å²) in [4.78, 5) is 4.82. The van der Waals surface area contributed by atoms with Gasteiger partial charge < -0.3 is 18.8 Å². The number of benzene rings is 3. The lowest BCUT2D eigenvalue weighted by molar-refractivity contribution is 0.261. The van der Waals surface area contributed by atoms with Gasteiger partial charge in [0.05, 0.1) is 24.7 Å². The molecule has 1 heterocycles. The first-order chi connectivity index (χ1) is 16.7. The molecule has 4 aromatic rings. The molecule has 5 heteroatoms. The molecule has 0 unspecified atom stereocenters. The van der Waals surface area contributed by atoms with Gasteiger partial charge in [-0.25, -0.2) is 4.98 Å². The summed E-state index contributed by atoms with van der Waals surface area (Å²) in [5, 5.41) is 0. The van der Waals surface area contributed by atoms with Crippen LogP contribution in [0.15, 0.2) is 92.0 Å². The van der Waals surface area contributed by atoms with Gasteiger partial charge in [-0.3, -0.25) is 0 Å². The van der Waals surface area contributed by atoms with Crippen LogP contribution in [0.25, 0.3) is 11.0 Å². The van der Waals surface area contributed by atoms with E-state index in [1.807, 2.05) is 66.7 Å². The molecule has 3 aromatic carbocycles. The van der Waals surface area contributed by atoms with Crippen molar-refractivity contribution in [2.75, 3.05) is 13.7 Å². The van der Waals surface area contributed by atoms with Crippen LogP contribution < -0.4 is 14.2 Å². The Bertz CT molecular complexity index is 1280. The molecule has 0 amide bonds. The Balaban J connectivity index is 1.52. The third-order valence-electron chi connectivity index (χ3n) is 5.61. The number of fused-ring (bicyclic) bond motifs is 1.